The van der Waals surface area contributed by atoms with Crippen molar-refractivity contribution < 1.29 is 15.0 Å². The first-order valence-corrected chi connectivity index (χ1v) is 6.71. The highest BCUT2D eigenvalue weighted by Crippen LogP contribution is 2.28. The third-order valence-electron chi connectivity index (χ3n) is 2.66. The average Bonchev–Trinajstić information content (AvgIpc) is 2.39. The van der Waals surface area contributed by atoms with Crippen molar-refractivity contribution in [2.45, 2.75) is 5.33 Å². The van der Waals surface area contributed by atoms with Gasteiger partial charge in [0.15, 0.2) is 0 Å². The van der Waals surface area contributed by atoms with Crippen LogP contribution in [-0.2, 0) is 5.33 Å². The zero-order valence-electron chi connectivity index (χ0n) is 9.93. The molecule has 2 aromatic carbocycles. The minimum absolute atomic E-state index is 0.133. The first kappa shape index (κ1) is 13.4. The molecule has 3 N–H and O–H groups in total. The number of alkyl halides is 1. The lowest BCUT2D eigenvalue weighted by atomic mass is 10.1. The van der Waals surface area contributed by atoms with Crippen molar-refractivity contribution in [3.8, 4) is 11.5 Å². The van der Waals surface area contributed by atoms with Crippen LogP contribution in [0.1, 0.15) is 15.9 Å². The number of anilines is 1. The van der Waals surface area contributed by atoms with E-state index in [4.69, 9.17) is 0 Å². The maximum absolute atomic E-state index is 12.1. The molecule has 0 fully saturated rings. The van der Waals surface area contributed by atoms with E-state index >= 15 is 0 Å². The van der Waals surface area contributed by atoms with Crippen molar-refractivity contribution >= 4 is 27.5 Å². The molecule has 2 rings (SSSR count). The van der Waals surface area contributed by atoms with Gasteiger partial charge in [-0.2, -0.15) is 0 Å². The monoisotopic (exact) mass is 321 g/mol. The number of carbonyl (C=O) groups excluding carboxylic acids is 1. The molecule has 19 heavy (non-hydrogen) atoms. The third kappa shape index (κ3) is 2.88. The van der Waals surface area contributed by atoms with E-state index in [2.05, 4.69) is 21.2 Å². The SMILES string of the molecule is O=C(Nc1ccccc1CBr)c1c(O)cccc1O. The summed E-state index contributed by atoms with van der Waals surface area (Å²) in [6.45, 7) is 0. The van der Waals surface area contributed by atoms with Crippen molar-refractivity contribution in [1.29, 1.82) is 0 Å². The van der Waals surface area contributed by atoms with E-state index in [0.717, 1.165) is 5.56 Å². The Kier molecular flexibility index (Phi) is 4.06. The minimum atomic E-state index is -0.552. The topological polar surface area (TPSA) is 69.6 Å². The van der Waals surface area contributed by atoms with Crippen LogP contribution in [0.15, 0.2) is 42.5 Å². The number of benzene rings is 2. The Hall–Kier alpha value is -2.01. The molecule has 0 atom stereocenters. The number of para-hydroxylation sites is 1. The van der Waals surface area contributed by atoms with Crippen LogP contribution in [0.2, 0.25) is 0 Å². The van der Waals surface area contributed by atoms with Gasteiger partial charge in [0.05, 0.1) is 0 Å². The Morgan fingerprint density at radius 1 is 1.05 bits per heavy atom. The van der Waals surface area contributed by atoms with E-state index in [0.29, 0.717) is 11.0 Å². The molecule has 5 heteroatoms. The molecular formula is C14H12BrNO3. The van der Waals surface area contributed by atoms with E-state index in [9.17, 15) is 15.0 Å². The second-order valence-corrected chi connectivity index (χ2v) is 4.48. The number of carbonyl (C=O) groups is 1. The summed E-state index contributed by atoms with van der Waals surface area (Å²) in [5.74, 6) is -1.06. The zero-order valence-corrected chi connectivity index (χ0v) is 11.5. The molecule has 0 saturated heterocycles. The molecule has 0 bridgehead atoms. The highest BCUT2D eigenvalue weighted by Gasteiger charge is 2.16. The van der Waals surface area contributed by atoms with Crippen LogP contribution in [0.3, 0.4) is 0 Å². The van der Waals surface area contributed by atoms with E-state index in [1.54, 1.807) is 12.1 Å². The molecule has 0 aliphatic carbocycles. The van der Waals surface area contributed by atoms with Gasteiger partial charge in [0.1, 0.15) is 17.1 Å². The standard InChI is InChI=1S/C14H12BrNO3/c15-8-9-4-1-2-5-10(9)16-14(19)13-11(17)6-3-7-12(13)18/h1-7,17-18H,8H2,(H,16,19). The summed E-state index contributed by atoms with van der Waals surface area (Å²) in [5.41, 5.74) is 1.41. The fourth-order valence-electron chi connectivity index (χ4n) is 1.70. The highest BCUT2D eigenvalue weighted by molar-refractivity contribution is 9.08. The Labute approximate surface area is 118 Å². The Morgan fingerprint density at radius 2 is 1.68 bits per heavy atom. The van der Waals surface area contributed by atoms with E-state index < -0.39 is 5.91 Å². The molecule has 0 aliphatic heterocycles. The van der Waals surface area contributed by atoms with Gasteiger partial charge in [-0.25, -0.2) is 0 Å². The molecule has 0 heterocycles. The van der Waals surface area contributed by atoms with Crippen LogP contribution in [0.5, 0.6) is 11.5 Å². The van der Waals surface area contributed by atoms with E-state index in [1.807, 2.05) is 12.1 Å². The van der Waals surface area contributed by atoms with Gasteiger partial charge in [-0.3, -0.25) is 4.79 Å². The van der Waals surface area contributed by atoms with Crippen LogP contribution in [0.25, 0.3) is 0 Å². The predicted octanol–water partition coefficient (Wildman–Crippen LogP) is 3.25. The predicted molar refractivity (Wildman–Crippen MR) is 76.8 cm³/mol. The summed E-state index contributed by atoms with van der Waals surface area (Å²) in [6, 6.07) is 11.5. The number of amides is 1. The van der Waals surface area contributed by atoms with Crippen LogP contribution in [0, 0.1) is 0 Å². The van der Waals surface area contributed by atoms with Crippen molar-refractivity contribution in [1.82, 2.24) is 0 Å². The maximum Gasteiger partial charge on any atom is 0.263 e. The third-order valence-corrected chi connectivity index (χ3v) is 3.26. The van der Waals surface area contributed by atoms with Crippen molar-refractivity contribution in [2.24, 2.45) is 0 Å². The summed E-state index contributed by atoms with van der Waals surface area (Å²) < 4.78 is 0. The van der Waals surface area contributed by atoms with Crippen molar-refractivity contribution in [3.05, 3.63) is 53.6 Å². The van der Waals surface area contributed by atoms with Gasteiger partial charge < -0.3 is 15.5 Å². The summed E-state index contributed by atoms with van der Waals surface area (Å²) in [7, 11) is 0. The molecule has 2 aromatic rings. The molecule has 0 saturated carbocycles. The van der Waals surface area contributed by atoms with E-state index in [-0.39, 0.29) is 17.1 Å². The van der Waals surface area contributed by atoms with Crippen molar-refractivity contribution in [2.75, 3.05) is 5.32 Å². The number of phenolic OH excluding ortho intramolecular Hbond substituents is 2. The lowest BCUT2D eigenvalue weighted by Crippen LogP contribution is -2.13. The fraction of sp³-hybridized carbons (Fsp3) is 0.0714. The van der Waals surface area contributed by atoms with Crippen LogP contribution in [-0.4, -0.2) is 16.1 Å². The van der Waals surface area contributed by atoms with Crippen molar-refractivity contribution in [3.63, 3.8) is 0 Å². The fourth-order valence-corrected chi connectivity index (χ4v) is 2.19. The van der Waals surface area contributed by atoms with Gasteiger partial charge in [0, 0.05) is 11.0 Å². The van der Waals surface area contributed by atoms with Gasteiger partial charge in [0.25, 0.3) is 5.91 Å². The normalized spacial score (nSPS) is 10.2. The highest BCUT2D eigenvalue weighted by atomic mass is 79.9. The average molecular weight is 322 g/mol. The summed E-state index contributed by atoms with van der Waals surface area (Å²) >= 11 is 3.33. The lowest BCUT2D eigenvalue weighted by molar-refractivity contribution is 0.102. The molecular weight excluding hydrogens is 310 g/mol. The first-order chi connectivity index (χ1) is 9.13. The number of halogens is 1. The molecule has 0 aromatic heterocycles. The number of hydrogen-bond donors (Lipinski definition) is 3. The molecule has 0 aliphatic rings. The van der Waals surface area contributed by atoms with Gasteiger partial charge in [0.2, 0.25) is 0 Å². The molecule has 1 amide bonds. The van der Waals surface area contributed by atoms with Crippen LogP contribution in [0.4, 0.5) is 5.69 Å². The number of nitrogens with one attached hydrogen (secondary N) is 1. The Bertz CT molecular complexity index is 593. The van der Waals surface area contributed by atoms with Gasteiger partial charge in [-0.1, -0.05) is 40.2 Å². The molecule has 4 nitrogen and oxygen atoms in total. The number of aromatic hydroxyl groups is 2. The Balaban J connectivity index is 2.31. The second kappa shape index (κ2) is 5.75. The van der Waals surface area contributed by atoms with Crippen LogP contribution < -0.4 is 5.32 Å². The first-order valence-electron chi connectivity index (χ1n) is 5.59. The molecule has 0 radical (unpaired) electrons. The Morgan fingerprint density at radius 3 is 2.32 bits per heavy atom. The maximum atomic E-state index is 12.1. The van der Waals surface area contributed by atoms with Gasteiger partial charge in [-0.15, -0.1) is 0 Å². The summed E-state index contributed by atoms with van der Waals surface area (Å²) in [6.07, 6.45) is 0. The number of hydrogen-bond acceptors (Lipinski definition) is 3. The largest absolute Gasteiger partial charge is 0.507 e. The quantitative estimate of drug-likeness (QED) is 0.760. The molecule has 0 unspecified atom stereocenters. The smallest absolute Gasteiger partial charge is 0.263 e. The minimum Gasteiger partial charge on any atom is -0.507 e. The molecule has 98 valence electrons. The van der Waals surface area contributed by atoms with E-state index in [1.165, 1.54) is 18.2 Å². The number of rotatable bonds is 3. The lowest BCUT2D eigenvalue weighted by Gasteiger charge is -2.11. The second-order valence-electron chi connectivity index (χ2n) is 3.92. The zero-order chi connectivity index (χ0) is 13.8. The molecule has 0 spiro atoms. The van der Waals surface area contributed by atoms with Crippen LogP contribution >= 0.6 is 15.9 Å². The van der Waals surface area contributed by atoms with Gasteiger partial charge in [-0.05, 0) is 23.8 Å². The van der Waals surface area contributed by atoms with Gasteiger partial charge >= 0.3 is 0 Å². The number of phenols is 2. The summed E-state index contributed by atoms with van der Waals surface area (Å²) in [4.78, 5) is 12.1. The summed E-state index contributed by atoms with van der Waals surface area (Å²) in [5, 5.41) is 22.5.